The molecule has 2 aliphatic rings. The summed E-state index contributed by atoms with van der Waals surface area (Å²) in [6.45, 7) is 2.65. The first-order valence-electron chi connectivity index (χ1n) is 12.5. The molecule has 2 aliphatic heterocycles. The lowest BCUT2D eigenvalue weighted by Crippen LogP contribution is -2.32. The molecule has 2 aromatic carbocycles. The number of ketones is 1. The molecule has 0 amide bonds. The quantitative estimate of drug-likeness (QED) is 0.403. The first-order valence-corrected chi connectivity index (χ1v) is 12.5. The lowest BCUT2D eigenvalue weighted by atomic mass is 9.89. The summed E-state index contributed by atoms with van der Waals surface area (Å²) in [7, 11) is 0. The van der Waals surface area contributed by atoms with Gasteiger partial charge in [-0.1, -0.05) is 23.0 Å². The second-order valence-electron chi connectivity index (χ2n) is 9.38. The molecule has 1 fully saturated rings. The Morgan fingerprint density at radius 2 is 2.03 bits per heavy atom. The Bertz CT molecular complexity index is 1190. The maximum Gasteiger partial charge on any atom is 0.161 e. The molecule has 10 heteroatoms. The van der Waals surface area contributed by atoms with E-state index in [2.05, 4.69) is 10.3 Å². The highest BCUT2D eigenvalue weighted by Crippen LogP contribution is 2.36. The number of hydrogen-bond acceptors (Lipinski definition) is 8. The zero-order valence-corrected chi connectivity index (χ0v) is 20.1. The minimum absolute atomic E-state index is 0.0274. The molecule has 0 unspecified atom stereocenters. The van der Waals surface area contributed by atoms with Crippen LogP contribution in [0.3, 0.4) is 0 Å². The van der Waals surface area contributed by atoms with Gasteiger partial charge in [0, 0.05) is 38.4 Å². The van der Waals surface area contributed by atoms with Crippen LogP contribution in [0.25, 0.3) is 11.0 Å². The summed E-state index contributed by atoms with van der Waals surface area (Å²) in [6, 6.07) is 12.8. The third kappa shape index (κ3) is 5.76. The number of alkyl halides is 1. The molecule has 1 saturated heterocycles. The van der Waals surface area contributed by atoms with Gasteiger partial charge >= 0.3 is 0 Å². The van der Waals surface area contributed by atoms with Crippen molar-refractivity contribution in [3.8, 4) is 11.5 Å². The molecule has 1 aromatic heterocycles. The van der Waals surface area contributed by atoms with Crippen LogP contribution in [0, 0.1) is 5.92 Å². The molecule has 36 heavy (non-hydrogen) atoms. The van der Waals surface area contributed by atoms with E-state index in [9.17, 15) is 14.3 Å². The van der Waals surface area contributed by atoms with Crippen molar-refractivity contribution in [2.24, 2.45) is 5.92 Å². The Morgan fingerprint density at radius 1 is 1.19 bits per heavy atom. The Balaban J connectivity index is 1.19. The smallest absolute Gasteiger partial charge is 0.161 e. The number of carbonyl (C=O) groups excluding carboxylic acids is 1. The van der Waals surface area contributed by atoms with Crippen LogP contribution in [0.1, 0.15) is 37.4 Å². The third-order valence-corrected chi connectivity index (χ3v) is 6.69. The number of benzene rings is 2. The van der Waals surface area contributed by atoms with Crippen molar-refractivity contribution in [2.75, 3.05) is 39.5 Å². The van der Waals surface area contributed by atoms with Crippen LogP contribution in [0.2, 0.25) is 0 Å². The number of nitrogens with zero attached hydrogens (tertiary/aromatic N) is 4. The zero-order valence-electron chi connectivity index (χ0n) is 20.1. The molecule has 1 N–H and O–H groups in total. The predicted octanol–water partition coefficient (Wildman–Crippen LogP) is 2.76. The minimum atomic E-state index is -0.888. The number of hydrogen-bond donors (Lipinski definition) is 1. The zero-order chi connectivity index (χ0) is 24.9. The molecule has 0 bridgehead atoms. The largest absolute Gasteiger partial charge is 0.486 e. The normalized spacial score (nSPS) is 19.3. The van der Waals surface area contributed by atoms with Gasteiger partial charge in [0.05, 0.1) is 6.10 Å². The van der Waals surface area contributed by atoms with Gasteiger partial charge in [0.1, 0.15) is 42.8 Å². The summed E-state index contributed by atoms with van der Waals surface area (Å²) in [5.74, 6) is 0.889. The van der Waals surface area contributed by atoms with Gasteiger partial charge in [-0.2, -0.15) is 0 Å². The van der Waals surface area contributed by atoms with Crippen molar-refractivity contribution in [3.63, 3.8) is 0 Å². The number of halogens is 1. The molecule has 5 rings (SSSR count). The predicted molar refractivity (Wildman–Crippen MR) is 130 cm³/mol. The van der Waals surface area contributed by atoms with Gasteiger partial charge in [-0.3, -0.25) is 9.69 Å². The van der Waals surface area contributed by atoms with Gasteiger partial charge in [-0.05, 0) is 47.9 Å². The number of fused-ring (bicyclic) bond motifs is 2. The number of likely N-dealkylation sites (tertiary alicyclic amines) is 1. The number of aromatic nitrogens is 3. The standard InChI is InChI=1S/C26H31FN4O5/c27-20-9-10-30(17-20)16-19(26(33)18-7-8-24-25(15-18)35-13-12-34-24)14-21(32)4-3-11-36-31-23-6-2-1-5-22(23)28-29-31/h1-2,5-8,15,19-20,26,33H,3-4,9-14,16-17H2/t19-,20-,26-/m1/s1. The fourth-order valence-corrected chi connectivity index (χ4v) is 4.83. The van der Waals surface area contributed by atoms with E-state index in [1.165, 1.54) is 4.85 Å². The van der Waals surface area contributed by atoms with Crippen LogP contribution in [0.4, 0.5) is 4.39 Å². The van der Waals surface area contributed by atoms with Crippen LogP contribution in [-0.4, -0.2) is 76.6 Å². The summed E-state index contributed by atoms with van der Waals surface area (Å²) in [4.78, 5) is 21.9. The van der Waals surface area contributed by atoms with E-state index >= 15 is 0 Å². The SMILES string of the molecule is O=C(CCCOn1nnc2ccccc21)C[C@H](CN1CC[C@@H](F)C1)[C@H](O)c1ccc2c(c1)OCCO2. The number of Topliss-reactive ketones (excluding diaryl/α,β-unsaturated/α-hetero) is 1. The molecular formula is C26H31FN4O5. The third-order valence-electron chi connectivity index (χ3n) is 6.69. The number of aliphatic hydroxyl groups is 1. The molecule has 0 saturated carbocycles. The molecule has 3 aromatic rings. The summed E-state index contributed by atoms with van der Waals surface area (Å²) in [5.41, 5.74) is 2.17. The molecule has 192 valence electrons. The fraction of sp³-hybridized carbons (Fsp3) is 0.500. The van der Waals surface area contributed by atoms with Crippen LogP contribution in [0.5, 0.6) is 11.5 Å². The summed E-state index contributed by atoms with van der Waals surface area (Å²) >= 11 is 0. The molecule has 0 radical (unpaired) electrons. The van der Waals surface area contributed by atoms with Crippen molar-refractivity contribution >= 4 is 16.8 Å². The van der Waals surface area contributed by atoms with E-state index in [0.29, 0.717) is 75.8 Å². The van der Waals surface area contributed by atoms with Gasteiger partial charge in [0.25, 0.3) is 0 Å². The fourth-order valence-electron chi connectivity index (χ4n) is 4.83. The van der Waals surface area contributed by atoms with Crippen LogP contribution >= 0.6 is 0 Å². The van der Waals surface area contributed by atoms with Gasteiger partial charge in [-0.15, -0.1) is 5.10 Å². The van der Waals surface area contributed by atoms with Crippen molar-refractivity contribution in [1.82, 2.24) is 20.1 Å². The maximum atomic E-state index is 13.8. The van der Waals surface area contributed by atoms with Crippen LogP contribution in [0.15, 0.2) is 42.5 Å². The average molecular weight is 499 g/mol. The maximum absolute atomic E-state index is 13.8. The van der Waals surface area contributed by atoms with E-state index in [4.69, 9.17) is 14.3 Å². The van der Waals surface area contributed by atoms with Gasteiger partial charge in [-0.25, -0.2) is 4.39 Å². The highest BCUT2D eigenvalue weighted by molar-refractivity contribution is 5.78. The first kappa shape index (κ1) is 24.5. The number of rotatable bonds is 11. The second kappa shape index (κ2) is 11.2. The topological polar surface area (TPSA) is 98.9 Å². The molecular weight excluding hydrogens is 467 g/mol. The Morgan fingerprint density at radius 3 is 2.86 bits per heavy atom. The van der Waals surface area contributed by atoms with E-state index < -0.39 is 12.3 Å². The molecule has 9 nitrogen and oxygen atoms in total. The summed E-state index contributed by atoms with van der Waals surface area (Å²) in [6.07, 6.45) is -0.262. The monoisotopic (exact) mass is 498 g/mol. The Kier molecular flexibility index (Phi) is 7.62. The van der Waals surface area contributed by atoms with Crippen molar-refractivity contribution in [1.29, 1.82) is 0 Å². The molecule has 3 atom stereocenters. The van der Waals surface area contributed by atoms with Crippen molar-refractivity contribution in [3.05, 3.63) is 48.0 Å². The summed E-state index contributed by atoms with van der Waals surface area (Å²) < 4.78 is 25.0. The van der Waals surface area contributed by atoms with Crippen LogP contribution in [-0.2, 0) is 4.79 Å². The first-order chi connectivity index (χ1) is 17.6. The highest BCUT2D eigenvalue weighted by Gasteiger charge is 2.30. The lowest BCUT2D eigenvalue weighted by molar-refractivity contribution is -0.121. The number of aliphatic hydroxyl groups excluding tert-OH is 1. The molecule has 0 aliphatic carbocycles. The van der Waals surface area contributed by atoms with E-state index in [1.807, 2.05) is 29.2 Å². The van der Waals surface area contributed by atoms with Gasteiger partial charge in [0.15, 0.2) is 11.5 Å². The Labute approximate surface area is 208 Å². The van der Waals surface area contributed by atoms with Crippen LogP contribution < -0.4 is 14.3 Å². The molecule has 3 heterocycles. The highest BCUT2D eigenvalue weighted by atomic mass is 19.1. The van der Waals surface area contributed by atoms with E-state index in [1.54, 1.807) is 18.2 Å². The molecule has 0 spiro atoms. The number of para-hydroxylation sites is 1. The van der Waals surface area contributed by atoms with Gasteiger partial charge in [0.2, 0.25) is 0 Å². The second-order valence-corrected chi connectivity index (χ2v) is 9.38. The number of ether oxygens (including phenoxy) is 2. The number of carbonyl (C=O) groups is 1. The van der Waals surface area contributed by atoms with Crippen molar-refractivity contribution in [2.45, 2.75) is 38.0 Å². The minimum Gasteiger partial charge on any atom is -0.486 e. The summed E-state index contributed by atoms with van der Waals surface area (Å²) in [5, 5.41) is 19.3. The Hall–Kier alpha value is -3.24. The van der Waals surface area contributed by atoms with Crippen molar-refractivity contribution < 1.29 is 28.6 Å². The average Bonchev–Trinajstić information content (AvgIpc) is 3.51. The lowest BCUT2D eigenvalue weighted by Gasteiger charge is -2.28. The van der Waals surface area contributed by atoms with Gasteiger partial charge < -0.3 is 19.4 Å². The van der Waals surface area contributed by atoms with E-state index in [-0.39, 0.29) is 18.1 Å². The van der Waals surface area contributed by atoms with E-state index in [0.717, 1.165) is 11.0 Å².